The second-order valence-electron chi connectivity index (χ2n) is 6.34. The Morgan fingerprint density at radius 2 is 2.08 bits per heavy atom. The lowest BCUT2D eigenvalue weighted by atomic mass is 10.1. The summed E-state index contributed by atoms with van der Waals surface area (Å²) in [4.78, 5) is 24.4. The summed E-state index contributed by atoms with van der Waals surface area (Å²) in [5.41, 5.74) is 2.21. The summed E-state index contributed by atoms with van der Waals surface area (Å²) >= 11 is 0. The molecule has 3 rings (SSSR count). The van der Waals surface area contributed by atoms with E-state index in [1.165, 1.54) is 6.07 Å². The first-order chi connectivity index (χ1) is 12.5. The van der Waals surface area contributed by atoms with Crippen LogP contribution in [0.2, 0.25) is 0 Å². The van der Waals surface area contributed by atoms with Gasteiger partial charge in [-0.05, 0) is 55.2 Å². The van der Waals surface area contributed by atoms with Crippen LogP contribution in [0.4, 0.5) is 10.1 Å². The average Bonchev–Trinajstić information content (AvgIpc) is 3.17. The fraction of sp³-hybridized carbons (Fsp3) is 0.300. The van der Waals surface area contributed by atoms with E-state index < -0.39 is 6.10 Å². The molecule has 5 nitrogen and oxygen atoms in total. The summed E-state index contributed by atoms with van der Waals surface area (Å²) in [5, 5.41) is 5.53. The fourth-order valence-electron chi connectivity index (χ4n) is 2.78. The summed E-state index contributed by atoms with van der Waals surface area (Å²) in [5.74, 6) is -0.787. The maximum Gasteiger partial charge on any atom is 0.253 e. The molecule has 0 radical (unpaired) electrons. The van der Waals surface area contributed by atoms with Crippen LogP contribution in [-0.2, 0) is 16.1 Å². The second-order valence-corrected chi connectivity index (χ2v) is 6.34. The lowest BCUT2D eigenvalue weighted by Crippen LogP contribution is -2.27. The fourth-order valence-corrected chi connectivity index (χ4v) is 2.78. The van der Waals surface area contributed by atoms with Gasteiger partial charge in [0.15, 0.2) is 0 Å². The van der Waals surface area contributed by atoms with Crippen LogP contribution in [0.1, 0.15) is 34.3 Å². The normalized spacial score (nSPS) is 16.3. The molecule has 1 aliphatic heterocycles. The number of amides is 2. The molecule has 2 amide bonds. The lowest BCUT2D eigenvalue weighted by molar-refractivity contribution is -0.124. The SMILES string of the molecule is Cc1ccc(CNC(=O)c2cccc(NC(=O)C3CCCO3)c2)cc1F. The zero-order valence-corrected chi connectivity index (χ0v) is 14.5. The number of nitrogens with one attached hydrogen (secondary N) is 2. The molecule has 1 saturated heterocycles. The first-order valence-corrected chi connectivity index (χ1v) is 8.59. The molecule has 0 saturated carbocycles. The van der Waals surface area contributed by atoms with Gasteiger partial charge >= 0.3 is 0 Å². The Balaban J connectivity index is 1.60. The molecule has 2 aromatic rings. The summed E-state index contributed by atoms with van der Waals surface area (Å²) < 4.78 is 18.9. The van der Waals surface area contributed by atoms with Gasteiger partial charge in [0.2, 0.25) is 0 Å². The minimum Gasteiger partial charge on any atom is -0.368 e. The highest BCUT2D eigenvalue weighted by atomic mass is 19.1. The van der Waals surface area contributed by atoms with Gasteiger partial charge in [0.05, 0.1) is 0 Å². The first kappa shape index (κ1) is 18.1. The summed E-state index contributed by atoms with van der Waals surface area (Å²) in [6.07, 6.45) is 1.16. The van der Waals surface area contributed by atoms with Gasteiger partial charge in [-0.3, -0.25) is 9.59 Å². The van der Waals surface area contributed by atoms with Crippen molar-refractivity contribution in [3.05, 3.63) is 65.0 Å². The predicted molar refractivity (Wildman–Crippen MR) is 96.4 cm³/mol. The van der Waals surface area contributed by atoms with Crippen molar-refractivity contribution in [1.29, 1.82) is 0 Å². The van der Waals surface area contributed by atoms with Gasteiger partial charge in [0.25, 0.3) is 11.8 Å². The van der Waals surface area contributed by atoms with Crippen LogP contribution in [0.5, 0.6) is 0 Å². The molecule has 1 fully saturated rings. The van der Waals surface area contributed by atoms with Crippen molar-refractivity contribution in [3.8, 4) is 0 Å². The van der Waals surface area contributed by atoms with E-state index in [2.05, 4.69) is 10.6 Å². The minimum absolute atomic E-state index is 0.199. The third-order valence-electron chi connectivity index (χ3n) is 4.30. The van der Waals surface area contributed by atoms with Gasteiger partial charge in [-0.2, -0.15) is 0 Å². The largest absolute Gasteiger partial charge is 0.368 e. The van der Waals surface area contributed by atoms with Crippen molar-refractivity contribution in [2.24, 2.45) is 0 Å². The molecular formula is C20H21FN2O3. The number of hydrogen-bond acceptors (Lipinski definition) is 3. The minimum atomic E-state index is -0.427. The maximum atomic E-state index is 13.6. The second kappa shape index (κ2) is 8.10. The van der Waals surface area contributed by atoms with E-state index in [1.54, 1.807) is 43.3 Å². The highest BCUT2D eigenvalue weighted by Gasteiger charge is 2.23. The van der Waals surface area contributed by atoms with Crippen LogP contribution >= 0.6 is 0 Å². The van der Waals surface area contributed by atoms with Crippen LogP contribution in [0.25, 0.3) is 0 Å². The smallest absolute Gasteiger partial charge is 0.253 e. The zero-order chi connectivity index (χ0) is 18.5. The van der Waals surface area contributed by atoms with Gasteiger partial charge in [-0.15, -0.1) is 0 Å². The third-order valence-corrected chi connectivity index (χ3v) is 4.30. The van der Waals surface area contributed by atoms with Gasteiger partial charge in [0.1, 0.15) is 11.9 Å². The Morgan fingerprint density at radius 3 is 2.81 bits per heavy atom. The van der Waals surface area contributed by atoms with Crippen molar-refractivity contribution in [2.75, 3.05) is 11.9 Å². The van der Waals surface area contributed by atoms with Crippen LogP contribution in [-0.4, -0.2) is 24.5 Å². The average molecular weight is 356 g/mol. The van der Waals surface area contributed by atoms with Crippen molar-refractivity contribution in [2.45, 2.75) is 32.4 Å². The molecule has 1 atom stereocenters. The lowest BCUT2D eigenvalue weighted by Gasteiger charge is -2.11. The number of ether oxygens (including phenoxy) is 1. The Morgan fingerprint density at radius 1 is 1.23 bits per heavy atom. The van der Waals surface area contributed by atoms with E-state index in [9.17, 15) is 14.0 Å². The molecule has 1 heterocycles. The quantitative estimate of drug-likeness (QED) is 0.865. The molecule has 2 N–H and O–H groups in total. The van der Waals surface area contributed by atoms with E-state index in [4.69, 9.17) is 4.74 Å². The number of rotatable bonds is 5. The Kier molecular flexibility index (Phi) is 5.63. The first-order valence-electron chi connectivity index (χ1n) is 8.59. The monoisotopic (exact) mass is 356 g/mol. The van der Waals surface area contributed by atoms with E-state index in [-0.39, 0.29) is 24.2 Å². The molecule has 1 unspecified atom stereocenters. The summed E-state index contributed by atoms with van der Waals surface area (Å²) in [6, 6.07) is 11.6. The topological polar surface area (TPSA) is 67.4 Å². The van der Waals surface area contributed by atoms with Crippen molar-refractivity contribution in [1.82, 2.24) is 5.32 Å². The molecule has 0 aromatic heterocycles. The van der Waals surface area contributed by atoms with E-state index >= 15 is 0 Å². The maximum absolute atomic E-state index is 13.6. The molecule has 0 spiro atoms. The Labute approximate surface area is 151 Å². The molecule has 6 heteroatoms. The number of anilines is 1. The van der Waals surface area contributed by atoms with Gasteiger partial charge in [-0.25, -0.2) is 4.39 Å². The van der Waals surface area contributed by atoms with Crippen molar-refractivity contribution >= 4 is 17.5 Å². The molecule has 136 valence electrons. The highest BCUT2D eigenvalue weighted by molar-refractivity contribution is 5.98. The predicted octanol–water partition coefficient (Wildman–Crippen LogP) is 3.18. The highest BCUT2D eigenvalue weighted by Crippen LogP contribution is 2.16. The van der Waals surface area contributed by atoms with Crippen molar-refractivity contribution < 1.29 is 18.7 Å². The van der Waals surface area contributed by atoms with Crippen LogP contribution in [0, 0.1) is 12.7 Å². The van der Waals surface area contributed by atoms with E-state index in [0.717, 1.165) is 6.42 Å². The summed E-state index contributed by atoms with van der Waals surface area (Å²) in [7, 11) is 0. The molecule has 0 aliphatic carbocycles. The number of hydrogen-bond donors (Lipinski definition) is 2. The molecule has 2 aromatic carbocycles. The third kappa shape index (κ3) is 4.46. The summed E-state index contributed by atoms with van der Waals surface area (Å²) in [6.45, 7) is 2.51. The molecular weight excluding hydrogens is 335 g/mol. The van der Waals surface area contributed by atoms with Crippen LogP contribution in [0.15, 0.2) is 42.5 Å². The molecule has 1 aliphatic rings. The van der Waals surface area contributed by atoms with Crippen molar-refractivity contribution in [3.63, 3.8) is 0 Å². The number of benzene rings is 2. The Hall–Kier alpha value is -2.73. The van der Waals surface area contributed by atoms with Gasteiger partial charge in [0, 0.05) is 24.4 Å². The van der Waals surface area contributed by atoms with E-state index in [1.807, 2.05) is 0 Å². The van der Waals surface area contributed by atoms with Crippen LogP contribution < -0.4 is 10.6 Å². The number of halogens is 1. The number of aryl methyl sites for hydroxylation is 1. The molecule has 26 heavy (non-hydrogen) atoms. The van der Waals surface area contributed by atoms with Crippen LogP contribution in [0.3, 0.4) is 0 Å². The van der Waals surface area contributed by atoms with Gasteiger partial charge in [-0.1, -0.05) is 18.2 Å². The molecule has 0 bridgehead atoms. The van der Waals surface area contributed by atoms with Gasteiger partial charge < -0.3 is 15.4 Å². The zero-order valence-electron chi connectivity index (χ0n) is 14.5. The van der Waals surface area contributed by atoms with E-state index in [0.29, 0.717) is 35.4 Å². The Bertz CT molecular complexity index is 816. The number of carbonyl (C=O) groups excluding carboxylic acids is 2. The standard InChI is InChI=1S/C20H21FN2O3/c1-13-7-8-14(10-17(13)21)12-22-19(24)15-4-2-5-16(11-15)23-20(25)18-6-3-9-26-18/h2,4-5,7-8,10-11,18H,3,6,9,12H2,1H3,(H,22,24)(H,23,25). The number of carbonyl (C=O) groups is 2.